The third-order valence-electron chi connectivity index (χ3n) is 3.55. The summed E-state index contributed by atoms with van der Waals surface area (Å²) in [6.07, 6.45) is 7.28. The quantitative estimate of drug-likeness (QED) is 0.733. The molecule has 2 nitrogen and oxygen atoms in total. The summed E-state index contributed by atoms with van der Waals surface area (Å²) in [5, 5.41) is 0. The number of carbonyl (C=O) groups is 1. The molecule has 1 heterocycles. The van der Waals surface area contributed by atoms with E-state index in [4.69, 9.17) is 0 Å². The third kappa shape index (κ3) is 1.91. The largest absolute Gasteiger partial charge is 0.350 e. The van der Waals surface area contributed by atoms with Crippen LogP contribution >= 0.6 is 0 Å². The molecule has 1 aromatic carbocycles. The van der Waals surface area contributed by atoms with Gasteiger partial charge in [0.2, 0.25) is 0 Å². The molecule has 0 radical (unpaired) electrons. The fourth-order valence-electron chi connectivity index (χ4n) is 2.24. The number of rotatable bonds is 4. The van der Waals surface area contributed by atoms with E-state index in [1.807, 2.05) is 18.2 Å². The third-order valence-corrected chi connectivity index (χ3v) is 3.55. The van der Waals surface area contributed by atoms with Gasteiger partial charge in [0.1, 0.15) is 6.29 Å². The molecule has 1 aromatic heterocycles. The number of hydrogen-bond donors (Lipinski definition) is 0. The molecule has 0 N–H and O–H groups in total. The van der Waals surface area contributed by atoms with Crippen molar-refractivity contribution in [3.8, 4) is 0 Å². The zero-order valence-electron chi connectivity index (χ0n) is 9.67. The van der Waals surface area contributed by atoms with Gasteiger partial charge in [-0.1, -0.05) is 30.3 Å². The highest BCUT2D eigenvalue weighted by atomic mass is 16.1. The van der Waals surface area contributed by atoms with E-state index in [2.05, 4.69) is 35.2 Å². The lowest BCUT2D eigenvalue weighted by molar-refractivity contribution is -0.109. The van der Waals surface area contributed by atoms with Crippen LogP contribution in [0.4, 0.5) is 0 Å². The molecular weight excluding hydrogens is 210 g/mol. The molecule has 86 valence electrons. The van der Waals surface area contributed by atoms with Crippen LogP contribution in [-0.2, 0) is 16.8 Å². The van der Waals surface area contributed by atoms with Crippen LogP contribution in [0.3, 0.4) is 0 Å². The predicted octanol–water partition coefficient (Wildman–Crippen LogP) is 2.77. The second-order valence-corrected chi connectivity index (χ2v) is 4.83. The van der Waals surface area contributed by atoms with Crippen molar-refractivity contribution < 1.29 is 4.79 Å². The Balaban J connectivity index is 1.80. The summed E-state index contributed by atoms with van der Waals surface area (Å²) < 4.78 is 2.15. The van der Waals surface area contributed by atoms with E-state index >= 15 is 0 Å². The van der Waals surface area contributed by atoms with Crippen LogP contribution in [0.25, 0.3) is 0 Å². The van der Waals surface area contributed by atoms with Crippen LogP contribution in [-0.4, -0.2) is 10.9 Å². The summed E-state index contributed by atoms with van der Waals surface area (Å²) in [5.41, 5.74) is 2.30. The average molecular weight is 225 g/mol. The van der Waals surface area contributed by atoms with Crippen LogP contribution in [0.1, 0.15) is 24.0 Å². The Morgan fingerprint density at radius 3 is 2.59 bits per heavy atom. The lowest BCUT2D eigenvalue weighted by Gasteiger charge is -2.04. The molecule has 0 aliphatic heterocycles. The molecule has 0 amide bonds. The molecule has 17 heavy (non-hydrogen) atoms. The van der Waals surface area contributed by atoms with E-state index in [0.29, 0.717) is 0 Å². The monoisotopic (exact) mass is 225 g/mol. The summed E-state index contributed by atoms with van der Waals surface area (Å²) in [5.74, 6) is 0. The van der Waals surface area contributed by atoms with Crippen LogP contribution in [0.5, 0.6) is 0 Å². The Morgan fingerprint density at radius 1 is 1.18 bits per heavy atom. The van der Waals surface area contributed by atoms with Gasteiger partial charge in [0.05, 0.1) is 5.41 Å². The van der Waals surface area contributed by atoms with Gasteiger partial charge in [0.25, 0.3) is 0 Å². The molecule has 2 aromatic rings. The van der Waals surface area contributed by atoms with Crippen molar-refractivity contribution in [3.63, 3.8) is 0 Å². The van der Waals surface area contributed by atoms with E-state index in [1.54, 1.807) is 0 Å². The van der Waals surface area contributed by atoms with Crippen molar-refractivity contribution in [2.45, 2.75) is 24.8 Å². The number of aromatic nitrogens is 1. The average Bonchev–Trinajstić information content (AvgIpc) is 3.05. The Labute approximate surface area is 101 Å². The first-order valence-corrected chi connectivity index (χ1v) is 5.99. The van der Waals surface area contributed by atoms with Crippen molar-refractivity contribution in [3.05, 3.63) is 59.9 Å². The first-order valence-electron chi connectivity index (χ1n) is 5.99. The number of benzene rings is 1. The molecule has 0 spiro atoms. The summed E-state index contributed by atoms with van der Waals surface area (Å²) >= 11 is 0. The summed E-state index contributed by atoms with van der Waals surface area (Å²) in [6, 6.07) is 12.4. The van der Waals surface area contributed by atoms with Crippen LogP contribution in [0.15, 0.2) is 48.8 Å². The van der Waals surface area contributed by atoms with E-state index in [9.17, 15) is 4.79 Å². The van der Waals surface area contributed by atoms with Gasteiger partial charge in [-0.3, -0.25) is 0 Å². The summed E-state index contributed by atoms with van der Waals surface area (Å²) in [7, 11) is 0. The van der Waals surface area contributed by atoms with E-state index < -0.39 is 0 Å². The number of aldehydes is 1. The molecule has 0 atom stereocenters. The Morgan fingerprint density at radius 2 is 1.94 bits per heavy atom. The van der Waals surface area contributed by atoms with Gasteiger partial charge in [-0.15, -0.1) is 0 Å². The molecule has 0 bridgehead atoms. The van der Waals surface area contributed by atoms with Crippen LogP contribution < -0.4 is 0 Å². The van der Waals surface area contributed by atoms with Crippen LogP contribution in [0.2, 0.25) is 0 Å². The summed E-state index contributed by atoms with van der Waals surface area (Å²) in [4.78, 5) is 11.0. The zero-order chi connectivity index (χ0) is 11.7. The fourth-order valence-corrected chi connectivity index (χ4v) is 2.24. The molecular formula is C15H15NO. The molecule has 0 saturated heterocycles. The van der Waals surface area contributed by atoms with Gasteiger partial charge >= 0.3 is 0 Å². The number of nitrogens with zero attached hydrogens (tertiary/aromatic N) is 1. The first kappa shape index (κ1) is 10.3. The normalized spacial score (nSPS) is 16.7. The minimum absolute atomic E-state index is 0.151. The molecule has 3 rings (SSSR count). The Kier molecular flexibility index (Phi) is 2.36. The molecule has 1 aliphatic carbocycles. The lowest BCUT2D eigenvalue weighted by atomic mass is 10.0. The second-order valence-electron chi connectivity index (χ2n) is 4.83. The molecule has 1 aliphatic rings. The van der Waals surface area contributed by atoms with Crippen molar-refractivity contribution in [2.75, 3.05) is 0 Å². The highest BCUT2D eigenvalue weighted by Gasteiger charge is 2.44. The smallest absolute Gasteiger partial charge is 0.130 e. The minimum Gasteiger partial charge on any atom is -0.350 e. The maximum absolute atomic E-state index is 11.0. The van der Waals surface area contributed by atoms with E-state index in [1.165, 1.54) is 11.1 Å². The number of hydrogen-bond acceptors (Lipinski definition) is 1. The van der Waals surface area contributed by atoms with Crippen molar-refractivity contribution in [2.24, 2.45) is 0 Å². The standard InChI is InChI=1S/C15H15NO/c17-12-15(7-8-15)14-6-9-16(11-14)10-13-4-2-1-3-5-13/h1-6,9,11-12H,7-8,10H2. The van der Waals surface area contributed by atoms with Gasteiger partial charge < -0.3 is 9.36 Å². The van der Waals surface area contributed by atoms with Gasteiger partial charge in [-0.25, -0.2) is 0 Å². The maximum atomic E-state index is 11.0. The lowest BCUT2D eigenvalue weighted by Crippen LogP contribution is -2.06. The topological polar surface area (TPSA) is 22.0 Å². The predicted molar refractivity (Wildman–Crippen MR) is 67.0 cm³/mol. The van der Waals surface area contributed by atoms with Crippen molar-refractivity contribution in [1.82, 2.24) is 4.57 Å². The molecule has 2 heteroatoms. The molecule has 0 unspecified atom stereocenters. The van der Waals surface area contributed by atoms with E-state index in [-0.39, 0.29) is 5.41 Å². The summed E-state index contributed by atoms with van der Waals surface area (Å²) in [6.45, 7) is 0.871. The van der Waals surface area contributed by atoms with E-state index in [0.717, 1.165) is 25.7 Å². The van der Waals surface area contributed by atoms with Gasteiger partial charge in [0, 0.05) is 18.9 Å². The fraction of sp³-hybridized carbons (Fsp3) is 0.267. The molecule has 1 saturated carbocycles. The van der Waals surface area contributed by atoms with Gasteiger partial charge in [-0.2, -0.15) is 0 Å². The maximum Gasteiger partial charge on any atom is 0.130 e. The van der Waals surface area contributed by atoms with Crippen molar-refractivity contribution >= 4 is 6.29 Å². The highest BCUT2D eigenvalue weighted by Crippen LogP contribution is 2.46. The van der Waals surface area contributed by atoms with Crippen LogP contribution in [0, 0.1) is 0 Å². The van der Waals surface area contributed by atoms with Gasteiger partial charge in [0.15, 0.2) is 0 Å². The number of carbonyl (C=O) groups excluding carboxylic acids is 1. The SMILES string of the molecule is O=CC1(c2ccn(Cc3ccccc3)c2)CC1. The van der Waals surface area contributed by atoms with Gasteiger partial charge in [-0.05, 0) is 30.0 Å². The van der Waals surface area contributed by atoms with Crippen molar-refractivity contribution in [1.29, 1.82) is 0 Å². The zero-order valence-corrected chi connectivity index (χ0v) is 9.67. The molecule has 1 fully saturated rings. The first-order chi connectivity index (χ1) is 8.32. The Bertz CT molecular complexity index is 523. The second kappa shape index (κ2) is 3.88. The Hall–Kier alpha value is -1.83. The highest BCUT2D eigenvalue weighted by molar-refractivity contribution is 5.72. The minimum atomic E-state index is -0.151.